The summed E-state index contributed by atoms with van der Waals surface area (Å²) in [6.45, 7) is 1.89. The van der Waals surface area contributed by atoms with E-state index in [1.54, 1.807) is 13.2 Å². The van der Waals surface area contributed by atoms with Gasteiger partial charge in [0.1, 0.15) is 5.75 Å². The van der Waals surface area contributed by atoms with Crippen molar-refractivity contribution in [1.82, 2.24) is 0 Å². The highest BCUT2D eigenvalue weighted by molar-refractivity contribution is 5.73. The van der Waals surface area contributed by atoms with Gasteiger partial charge in [-0.2, -0.15) is 0 Å². The van der Waals surface area contributed by atoms with Crippen LogP contribution in [-0.2, 0) is 4.79 Å². The van der Waals surface area contributed by atoms with E-state index in [1.807, 2.05) is 31.2 Å². The Hall–Kier alpha value is -1.77. The molecule has 1 aromatic carbocycles. The van der Waals surface area contributed by atoms with Gasteiger partial charge < -0.3 is 9.84 Å². The number of ether oxygens (including phenoxy) is 1. The molecule has 0 saturated heterocycles. The number of allylic oxidation sites excluding steroid dienone is 1. The summed E-state index contributed by atoms with van der Waals surface area (Å²) in [5.41, 5.74) is 1.97. The molecule has 15 heavy (non-hydrogen) atoms. The number of aliphatic carboxylic acids is 1. The number of carboxylic acid groups (broad SMARTS) is 1. The molecule has 0 aliphatic rings. The average molecular weight is 206 g/mol. The Kier molecular flexibility index (Phi) is 3.92. The molecule has 3 nitrogen and oxygen atoms in total. The lowest BCUT2D eigenvalue weighted by molar-refractivity contribution is -0.135. The van der Waals surface area contributed by atoms with E-state index in [9.17, 15) is 4.79 Å². The van der Waals surface area contributed by atoms with Crippen LogP contribution < -0.4 is 4.74 Å². The standard InChI is InChI=1S/C12H14O3/c1-9(3-8-12(13)14)10-4-6-11(15-2)7-5-10/h3-7H,8H2,1-2H3,(H,13,14). The molecule has 3 heteroatoms. The van der Waals surface area contributed by atoms with Crippen LogP contribution in [0.5, 0.6) is 5.75 Å². The number of methoxy groups -OCH3 is 1. The lowest BCUT2D eigenvalue weighted by Crippen LogP contribution is -1.91. The fourth-order valence-corrected chi connectivity index (χ4v) is 1.21. The van der Waals surface area contributed by atoms with Crippen molar-refractivity contribution in [2.45, 2.75) is 13.3 Å². The van der Waals surface area contributed by atoms with Gasteiger partial charge in [-0.25, -0.2) is 0 Å². The summed E-state index contributed by atoms with van der Waals surface area (Å²) in [7, 11) is 1.61. The molecule has 80 valence electrons. The lowest BCUT2D eigenvalue weighted by atomic mass is 10.1. The summed E-state index contributed by atoms with van der Waals surface area (Å²) in [4.78, 5) is 10.4. The maximum absolute atomic E-state index is 10.4. The average Bonchev–Trinajstić information content (AvgIpc) is 2.26. The number of hydrogen-bond donors (Lipinski definition) is 1. The van der Waals surface area contributed by atoms with Gasteiger partial charge in [0.25, 0.3) is 0 Å². The highest BCUT2D eigenvalue weighted by atomic mass is 16.5. The van der Waals surface area contributed by atoms with Gasteiger partial charge in [-0.15, -0.1) is 0 Å². The van der Waals surface area contributed by atoms with Crippen LogP contribution in [0.25, 0.3) is 5.57 Å². The SMILES string of the molecule is COc1ccc(C(C)=CCC(=O)O)cc1. The Labute approximate surface area is 89.0 Å². The van der Waals surface area contributed by atoms with E-state index in [-0.39, 0.29) is 6.42 Å². The first kappa shape index (κ1) is 11.3. The molecule has 0 saturated carbocycles. The van der Waals surface area contributed by atoms with Crippen LogP contribution in [0, 0.1) is 0 Å². The Morgan fingerprint density at radius 1 is 1.40 bits per heavy atom. The number of rotatable bonds is 4. The van der Waals surface area contributed by atoms with Gasteiger partial charge in [0.05, 0.1) is 13.5 Å². The van der Waals surface area contributed by atoms with Crippen LogP contribution in [0.4, 0.5) is 0 Å². The van der Waals surface area contributed by atoms with E-state index < -0.39 is 5.97 Å². The van der Waals surface area contributed by atoms with Gasteiger partial charge in [0.2, 0.25) is 0 Å². The summed E-state index contributed by atoms with van der Waals surface area (Å²) in [6, 6.07) is 7.53. The summed E-state index contributed by atoms with van der Waals surface area (Å²) in [5, 5.41) is 8.53. The molecule has 0 radical (unpaired) electrons. The van der Waals surface area contributed by atoms with Crippen molar-refractivity contribution in [2.75, 3.05) is 7.11 Å². The third-order valence-corrected chi connectivity index (χ3v) is 2.13. The zero-order valence-corrected chi connectivity index (χ0v) is 8.86. The Morgan fingerprint density at radius 2 is 2.00 bits per heavy atom. The first-order valence-corrected chi connectivity index (χ1v) is 4.66. The Bertz CT molecular complexity index is 363. The van der Waals surface area contributed by atoms with E-state index in [0.717, 1.165) is 16.9 Å². The van der Waals surface area contributed by atoms with Crippen molar-refractivity contribution in [2.24, 2.45) is 0 Å². The molecule has 0 aromatic heterocycles. The highest BCUT2D eigenvalue weighted by Crippen LogP contribution is 2.18. The molecule has 0 unspecified atom stereocenters. The van der Waals surface area contributed by atoms with E-state index >= 15 is 0 Å². The van der Waals surface area contributed by atoms with Crippen molar-refractivity contribution >= 4 is 11.5 Å². The predicted octanol–water partition coefficient (Wildman–Crippen LogP) is 2.57. The van der Waals surface area contributed by atoms with E-state index in [4.69, 9.17) is 9.84 Å². The topological polar surface area (TPSA) is 46.5 Å². The molecule has 0 spiro atoms. The highest BCUT2D eigenvalue weighted by Gasteiger charge is 1.98. The predicted molar refractivity (Wildman–Crippen MR) is 58.9 cm³/mol. The second kappa shape index (κ2) is 5.20. The number of benzene rings is 1. The maximum atomic E-state index is 10.4. The minimum Gasteiger partial charge on any atom is -0.497 e. The molecule has 0 fully saturated rings. The van der Waals surface area contributed by atoms with Crippen molar-refractivity contribution in [3.8, 4) is 5.75 Å². The summed E-state index contributed by atoms with van der Waals surface area (Å²) < 4.78 is 5.03. The summed E-state index contributed by atoms with van der Waals surface area (Å²) in [5.74, 6) is -0.0207. The van der Waals surface area contributed by atoms with Gasteiger partial charge >= 0.3 is 5.97 Å². The zero-order chi connectivity index (χ0) is 11.3. The van der Waals surface area contributed by atoms with Crippen LogP contribution in [0.2, 0.25) is 0 Å². The second-order valence-electron chi connectivity index (χ2n) is 3.21. The Balaban J connectivity index is 2.77. The normalized spacial score (nSPS) is 11.2. The molecule has 0 amide bonds. The van der Waals surface area contributed by atoms with Crippen molar-refractivity contribution in [3.63, 3.8) is 0 Å². The van der Waals surface area contributed by atoms with Gasteiger partial charge in [0.15, 0.2) is 0 Å². The van der Waals surface area contributed by atoms with Crippen LogP contribution in [0.1, 0.15) is 18.9 Å². The third kappa shape index (κ3) is 3.46. The van der Waals surface area contributed by atoms with Crippen molar-refractivity contribution in [1.29, 1.82) is 0 Å². The largest absolute Gasteiger partial charge is 0.497 e. The third-order valence-electron chi connectivity index (χ3n) is 2.13. The molecule has 0 bridgehead atoms. The second-order valence-corrected chi connectivity index (χ2v) is 3.21. The molecule has 1 N–H and O–H groups in total. The van der Waals surface area contributed by atoms with Crippen LogP contribution in [-0.4, -0.2) is 18.2 Å². The molecular formula is C12H14O3. The summed E-state index contributed by atoms with van der Waals surface area (Å²) in [6.07, 6.45) is 1.75. The minimum atomic E-state index is -0.817. The van der Waals surface area contributed by atoms with E-state index in [0.29, 0.717) is 0 Å². The smallest absolute Gasteiger partial charge is 0.307 e. The zero-order valence-electron chi connectivity index (χ0n) is 8.86. The van der Waals surface area contributed by atoms with Gasteiger partial charge in [-0.1, -0.05) is 18.2 Å². The molecule has 0 aliphatic carbocycles. The molecule has 0 heterocycles. The summed E-state index contributed by atoms with van der Waals surface area (Å²) >= 11 is 0. The molecule has 0 atom stereocenters. The maximum Gasteiger partial charge on any atom is 0.307 e. The van der Waals surface area contributed by atoms with Crippen molar-refractivity contribution in [3.05, 3.63) is 35.9 Å². The molecule has 1 aromatic rings. The van der Waals surface area contributed by atoms with E-state index in [2.05, 4.69) is 0 Å². The minimum absolute atomic E-state index is 0.0534. The fourth-order valence-electron chi connectivity index (χ4n) is 1.21. The van der Waals surface area contributed by atoms with Crippen molar-refractivity contribution < 1.29 is 14.6 Å². The van der Waals surface area contributed by atoms with Crippen LogP contribution in [0.3, 0.4) is 0 Å². The van der Waals surface area contributed by atoms with Gasteiger partial charge in [-0.3, -0.25) is 4.79 Å². The lowest BCUT2D eigenvalue weighted by Gasteiger charge is -2.03. The van der Waals surface area contributed by atoms with Crippen LogP contribution in [0.15, 0.2) is 30.3 Å². The molecule has 0 aliphatic heterocycles. The fraction of sp³-hybridized carbons (Fsp3) is 0.250. The monoisotopic (exact) mass is 206 g/mol. The Morgan fingerprint density at radius 3 is 2.47 bits per heavy atom. The first-order valence-electron chi connectivity index (χ1n) is 4.66. The number of carboxylic acids is 1. The quantitative estimate of drug-likeness (QED) is 0.823. The first-order chi connectivity index (χ1) is 7.13. The molecular weight excluding hydrogens is 192 g/mol. The van der Waals surface area contributed by atoms with Gasteiger partial charge in [0, 0.05) is 0 Å². The van der Waals surface area contributed by atoms with E-state index in [1.165, 1.54) is 0 Å². The van der Waals surface area contributed by atoms with Crippen LogP contribution >= 0.6 is 0 Å². The number of carbonyl (C=O) groups is 1. The number of hydrogen-bond acceptors (Lipinski definition) is 2. The van der Waals surface area contributed by atoms with Gasteiger partial charge in [-0.05, 0) is 30.2 Å². The molecule has 1 rings (SSSR count).